The van der Waals surface area contributed by atoms with Gasteiger partial charge in [-0.1, -0.05) is 0 Å². The van der Waals surface area contributed by atoms with Crippen LogP contribution in [0.3, 0.4) is 0 Å². The minimum Gasteiger partial charge on any atom is -0.496 e. The average Bonchev–Trinajstić information content (AvgIpc) is 2.47. The number of methoxy groups -OCH3 is 1. The molecular formula is C15H13F4NO3S. The fourth-order valence-electron chi connectivity index (χ4n) is 2.06. The molecule has 0 saturated carbocycles. The fraction of sp³-hybridized carbons (Fsp3) is 0.200. The van der Waals surface area contributed by atoms with Gasteiger partial charge in [0.15, 0.2) is 0 Å². The second-order valence-electron chi connectivity index (χ2n) is 4.92. The van der Waals surface area contributed by atoms with Crippen molar-refractivity contribution < 1.29 is 30.7 Å². The highest BCUT2D eigenvalue weighted by molar-refractivity contribution is 7.92. The van der Waals surface area contributed by atoms with Crippen LogP contribution >= 0.6 is 0 Å². The van der Waals surface area contributed by atoms with E-state index >= 15 is 0 Å². The lowest BCUT2D eigenvalue weighted by atomic mass is 10.2. The van der Waals surface area contributed by atoms with Gasteiger partial charge in [-0.15, -0.1) is 0 Å². The summed E-state index contributed by atoms with van der Waals surface area (Å²) in [6.07, 6.45) is -4.91. The Morgan fingerprint density at radius 3 is 2.29 bits per heavy atom. The molecule has 0 unspecified atom stereocenters. The number of sulfonamides is 1. The van der Waals surface area contributed by atoms with Crippen molar-refractivity contribution in [2.45, 2.75) is 18.0 Å². The van der Waals surface area contributed by atoms with Crippen molar-refractivity contribution >= 4 is 15.7 Å². The van der Waals surface area contributed by atoms with E-state index in [1.54, 1.807) is 6.92 Å². The number of aryl methyl sites for hydroxylation is 1. The molecular weight excluding hydrogens is 350 g/mol. The Hall–Kier alpha value is -2.29. The SMILES string of the molecule is COc1ccc(S(=O)(=O)Nc2ccc(F)cc2C(F)(F)F)cc1C. The predicted octanol–water partition coefficient (Wildman–Crippen LogP) is 3.96. The highest BCUT2D eigenvalue weighted by Crippen LogP contribution is 2.36. The van der Waals surface area contributed by atoms with Crippen LogP contribution in [0.1, 0.15) is 11.1 Å². The zero-order chi connectivity index (χ0) is 18.1. The number of hydrogen-bond donors (Lipinski definition) is 1. The van der Waals surface area contributed by atoms with Gasteiger partial charge in [0.2, 0.25) is 0 Å². The lowest BCUT2D eigenvalue weighted by Crippen LogP contribution is -2.17. The third-order valence-corrected chi connectivity index (χ3v) is 4.57. The Bertz CT molecular complexity index is 864. The molecule has 0 amide bonds. The van der Waals surface area contributed by atoms with E-state index in [0.29, 0.717) is 11.3 Å². The molecule has 0 aliphatic rings. The quantitative estimate of drug-likeness (QED) is 0.837. The first kappa shape index (κ1) is 18.1. The van der Waals surface area contributed by atoms with Gasteiger partial charge in [0.1, 0.15) is 11.6 Å². The zero-order valence-electron chi connectivity index (χ0n) is 12.6. The number of benzene rings is 2. The molecule has 0 spiro atoms. The van der Waals surface area contributed by atoms with Crippen LogP contribution in [-0.2, 0) is 16.2 Å². The molecule has 9 heteroatoms. The van der Waals surface area contributed by atoms with Gasteiger partial charge in [-0.2, -0.15) is 13.2 Å². The maximum Gasteiger partial charge on any atom is 0.418 e. The molecule has 1 N–H and O–H groups in total. The summed E-state index contributed by atoms with van der Waals surface area (Å²) in [5.41, 5.74) is -1.66. The monoisotopic (exact) mass is 363 g/mol. The topological polar surface area (TPSA) is 55.4 Å². The van der Waals surface area contributed by atoms with Crippen LogP contribution in [0.4, 0.5) is 23.2 Å². The third kappa shape index (κ3) is 3.78. The predicted molar refractivity (Wildman–Crippen MR) is 79.9 cm³/mol. The molecule has 24 heavy (non-hydrogen) atoms. The van der Waals surface area contributed by atoms with Gasteiger partial charge in [0.05, 0.1) is 23.3 Å². The molecule has 0 aliphatic carbocycles. The number of alkyl halides is 3. The number of halogens is 4. The average molecular weight is 363 g/mol. The second-order valence-corrected chi connectivity index (χ2v) is 6.61. The summed E-state index contributed by atoms with van der Waals surface area (Å²) >= 11 is 0. The Labute approximate surface area is 136 Å². The second kappa shape index (κ2) is 6.31. The van der Waals surface area contributed by atoms with E-state index in [1.165, 1.54) is 25.3 Å². The lowest BCUT2D eigenvalue weighted by molar-refractivity contribution is -0.137. The summed E-state index contributed by atoms with van der Waals surface area (Å²) in [4.78, 5) is -0.238. The molecule has 2 aromatic carbocycles. The van der Waals surface area contributed by atoms with Crippen molar-refractivity contribution in [2.75, 3.05) is 11.8 Å². The molecule has 0 saturated heterocycles. The van der Waals surface area contributed by atoms with Crippen LogP contribution in [0.5, 0.6) is 5.75 Å². The Morgan fingerprint density at radius 2 is 1.75 bits per heavy atom. The van der Waals surface area contributed by atoms with Gasteiger partial charge in [-0.05, 0) is 48.9 Å². The first-order valence-corrected chi connectivity index (χ1v) is 8.07. The number of ether oxygens (including phenoxy) is 1. The maximum absolute atomic E-state index is 13.1. The van der Waals surface area contributed by atoms with Crippen molar-refractivity contribution in [3.8, 4) is 5.75 Å². The summed E-state index contributed by atoms with van der Waals surface area (Å²) in [6, 6.07) is 5.55. The molecule has 4 nitrogen and oxygen atoms in total. The van der Waals surface area contributed by atoms with Crippen LogP contribution in [0.15, 0.2) is 41.3 Å². The molecule has 2 rings (SSSR count). The van der Waals surface area contributed by atoms with Crippen LogP contribution in [0.25, 0.3) is 0 Å². The minimum atomic E-state index is -4.91. The summed E-state index contributed by atoms with van der Waals surface area (Å²) in [5.74, 6) is -0.683. The van der Waals surface area contributed by atoms with E-state index in [-0.39, 0.29) is 11.0 Å². The fourth-order valence-corrected chi connectivity index (χ4v) is 3.23. The van der Waals surface area contributed by atoms with E-state index in [2.05, 4.69) is 0 Å². The molecule has 0 radical (unpaired) electrons. The number of nitrogens with one attached hydrogen (secondary N) is 1. The van der Waals surface area contributed by atoms with Crippen molar-refractivity contribution in [1.82, 2.24) is 0 Å². The lowest BCUT2D eigenvalue weighted by Gasteiger charge is -2.15. The van der Waals surface area contributed by atoms with Crippen molar-refractivity contribution in [2.24, 2.45) is 0 Å². The summed E-state index contributed by atoms with van der Waals surface area (Å²) in [6.45, 7) is 1.59. The first-order chi connectivity index (χ1) is 11.0. The Morgan fingerprint density at radius 1 is 1.08 bits per heavy atom. The normalized spacial score (nSPS) is 12.1. The van der Waals surface area contributed by atoms with Crippen LogP contribution in [-0.4, -0.2) is 15.5 Å². The van der Waals surface area contributed by atoms with Gasteiger partial charge in [0.25, 0.3) is 10.0 Å². The zero-order valence-corrected chi connectivity index (χ0v) is 13.4. The van der Waals surface area contributed by atoms with Gasteiger partial charge in [0, 0.05) is 0 Å². The van der Waals surface area contributed by atoms with Gasteiger partial charge < -0.3 is 4.74 Å². The van der Waals surface area contributed by atoms with Gasteiger partial charge in [-0.25, -0.2) is 12.8 Å². The Kier molecular flexibility index (Phi) is 4.75. The van der Waals surface area contributed by atoms with Gasteiger partial charge >= 0.3 is 6.18 Å². The van der Waals surface area contributed by atoms with E-state index in [1.807, 2.05) is 4.72 Å². The van der Waals surface area contributed by atoms with Crippen molar-refractivity contribution in [3.05, 3.63) is 53.3 Å². The molecule has 0 heterocycles. The van der Waals surface area contributed by atoms with E-state index in [9.17, 15) is 26.0 Å². The molecule has 2 aromatic rings. The van der Waals surface area contributed by atoms with E-state index < -0.39 is 33.3 Å². The minimum absolute atomic E-state index is 0.233. The largest absolute Gasteiger partial charge is 0.496 e. The number of rotatable bonds is 4. The number of hydrogen-bond acceptors (Lipinski definition) is 3. The summed E-state index contributed by atoms with van der Waals surface area (Å²) < 4.78 is 83.4. The number of anilines is 1. The Balaban J connectivity index is 2.45. The van der Waals surface area contributed by atoms with Crippen LogP contribution in [0, 0.1) is 12.7 Å². The molecule has 0 bridgehead atoms. The van der Waals surface area contributed by atoms with E-state index in [4.69, 9.17) is 4.74 Å². The maximum atomic E-state index is 13.1. The standard InChI is InChI=1S/C15H13F4NO3S/c1-9-7-11(4-6-14(9)23-2)24(21,22)20-13-5-3-10(16)8-12(13)15(17,18)19/h3-8,20H,1-2H3. The highest BCUT2D eigenvalue weighted by Gasteiger charge is 2.35. The smallest absolute Gasteiger partial charge is 0.418 e. The highest BCUT2D eigenvalue weighted by atomic mass is 32.2. The molecule has 0 fully saturated rings. The molecule has 0 aromatic heterocycles. The van der Waals surface area contributed by atoms with Crippen LogP contribution in [0.2, 0.25) is 0 Å². The summed E-state index contributed by atoms with van der Waals surface area (Å²) in [7, 11) is -2.88. The third-order valence-electron chi connectivity index (χ3n) is 3.21. The summed E-state index contributed by atoms with van der Waals surface area (Å²) in [5, 5.41) is 0. The molecule has 130 valence electrons. The van der Waals surface area contributed by atoms with Crippen LogP contribution < -0.4 is 9.46 Å². The van der Waals surface area contributed by atoms with Crippen molar-refractivity contribution in [3.63, 3.8) is 0 Å². The van der Waals surface area contributed by atoms with Crippen molar-refractivity contribution in [1.29, 1.82) is 0 Å². The first-order valence-electron chi connectivity index (χ1n) is 6.59. The molecule has 0 atom stereocenters. The van der Waals surface area contributed by atoms with E-state index in [0.717, 1.165) is 12.1 Å². The molecule has 0 aliphatic heterocycles. The van der Waals surface area contributed by atoms with Gasteiger partial charge in [-0.3, -0.25) is 4.72 Å².